The van der Waals surface area contributed by atoms with Crippen molar-refractivity contribution in [1.29, 1.82) is 0 Å². The van der Waals surface area contributed by atoms with Crippen LogP contribution in [0.2, 0.25) is 0 Å². The van der Waals surface area contributed by atoms with Gasteiger partial charge in [-0.3, -0.25) is 4.79 Å². The standard InChI is InChI=1S/C23H27NO6/c1-5-13(3)24(14(4)6-2)16-8-10-18(20(25)12-16)21(26)17-9-7-15(22(27)28)11-19(17)23(29)30/h7-14,25H,5-6H2,1-4H3,(H,27,28)(H,29,30). The minimum absolute atomic E-state index is 0.0439. The predicted octanol–water partition coefficient (Wildman–Crippen LogP) is 4.42. The van der Waals surface area contributed by atoms with E-state index in [0.717, 1.165) is 30.7 Å². The summed E-state index contributed by atoms with van der Waals surface area (Å²) in [7, 11) is 0. The lowest BCUT2D eigenvalue weighted by atomic mass is 9.95. The van der Waals surface area contributed by atoms with Crippen LogP contribution in [0.4, 0.5) is 5.69 Å². The molecule has 0 spiro atoms. The van der Waals surface area contributed by atoms with Crippen LogP contribution in [0.3, 0.4) is 0 Å². The van der Waals surface area contributed by atoms with Gasteiger partial charge in [0.1, 0.15) is 5.75 Å². The molecule has 0 saturated carbocycles. The average molecular weight is 413 g/mol. The molecular formula is C23H27NO6. The number of anilines is 1. The zero-order chi connectivity index (χ0) is 22.6. The summed E-state index contributed by atoms with van der Waals surface area (Å²) in [6.07, 6.45) is 1.81. The van der Waals surface area contributed by atoms with E-state index in [2.05, 4.69) is 32.6 Å². The predicted molar refractivity (Wildman–Crippen MR) is 114 cm³/mol. The fourth-order valence-electron chi connectivity index (χ4n) is 3.41. The normalized spacial score (nSPS) is 12.8. The molecule has 2 atom stereocenters. The van der Waals surface area contributed by atoms with Crippen LogP contribution in [0.1, 0.15) is 77.2 Å². The van der Waals surface area contributed by atoms with Gasteiger partial charge in [0.15, 0.2) is 5.78 Å². The molecule has 0 aliphatic carbocycles. The molecule has 0 heterocycles. The molecule has 0 amide bonds. The number of carboxylic acids is 2. The second kappa shape index (κ2) is 9.43. The lowest BCUT2D eigenvalue weighted by Crippen LogP contribution is -2.39. The number of rotatable bonds is 9. The number of hydrogen-bond donors (Lipinski definition) is 3. The summed E-state index contributed by atoms with van der Waals surface area (Å²) in [5.41, 5.74) is -0.119. The Balaban J connectivity index is 2.50. The van der Waals surface area contributed by atoms with Gasteiger partial charge in [0, 0.05) is 29.4 Å². The molecule has 160 valence electrons. The first kappa shape index (κ1) is 22.9. The van der Waals surface area contributed by atoms with Crippen LogP contribution in [-0.4, -0.2) is 45.1 Å². The number of hydrogen-bond acceptors (Lipinski definition) is 5. The second-order valence-corrected chi connectivity index (χ2v) is 7.32. The van der Waals surface area contributed by atoms with Crippen molar-refractivity contribution < 1.29 is 29.7 Å². The molecule has 2 aromatic rings. The Labute approximate surface area is 175 Å². The van der Waals surface area contributed by atoms with E-state index >= 15 is 0 Å². The smallest absolute Gasteiger partial charge is 0.336 e. The van der Waals surface area contributed by atoms with Gasteiger partial charge in [-0.15, -0.1) is 0 Å². The number of carbonyl (C=O) groups excluding carboxylic acids is 1. The molecule has 3 N–H and O–H groups in total. The fraction of sp³-hybridized carbons (Fsp3) is 0.348. The van der Waals surface area contributed by atoms with Crippen LogP contribution in [0.25, 0.3) is 0 Å². The Morgan fingerprint density at radius 3 is 1.87 bits per heavy atom. The largest absolute Gasteiger partial charge is 0.507 e. The van der Waals surface area contributed by atoms with E-state index in [1.807, 2.05) is 0 Å². The van der Waals surface area contributed by atoms with Crippen molar-refractivity contribution in [3.05, 3.63) is 58.7 Å². The number of aromatic hydroxyl groups is 1. The Morgan fingerprint density at radius 1 is 0.833 bits per heavy atom. The third kappa shape index (κ3) is 4.62. The highest BCUT2D eigenvalue weighted by atomic mass is 16.4. The summed E-state index contributed by atoms with van der Waals surface area (Å²) in [6, 6.07) is 8.44. The molecule has 2 unspecified atom stereocenters. The van der Waals surface area contributed by atoms with Crippen molar-refractivity contribution >= 4 is 23.4 Å². The molecule has 30 heavy (non-hydrogen) atoms. The molecule has 0 aromatic heterocycles. The first-order chi connectivity index (χ1) is 14.1. The highest BCUT2D eigenvalue weighted by Gasteiger charge is 2.24. The zero-order valence-corrected chi connectivity index (χ0v) is 17.5. The van der Waals surface area contributed by atoms with Gasteiger partial charge >= 0.3 is 11.9 Å². The van der Waals surface area contributed by atoms with E-state index < -0.39 is 23.3 Å². The summed E-state index contributed by atoms with van der Waals surface area (Å²) >= 11 is 0. The third-order valence-corrected chi connectivity index (χ3v) is 5.40. The minimum Gasteiger partial charge on any atom is -0.507 e. The van der Waals surface area contributed by atoms with Crippen LogP contribution in [0, 0.1) is 0 Å². The van der Waals surface area contributed by atoms with E-state index in [-0.39, 0.29) is 34.5 Å². The van der Waals surface area contributed by atoms with E-state index in [1.54, 1.807) is 6.07 Å². The van der Waals surface area contributed by atoms with Crippen LogP contribution >= 0.6 is 0 Å². The van der Waals surface area contributed by atoms with Crippen molar-refractivity contribution in [3.63, 3.8) is 0 Å². The molecule has 0 aliphatic heterocycles. The quantitative estimate of drug-likeness (QED) is 0.521. The van der Waals surface area contributed by atoms with Gasteiger partial charge in [0.25, 0.3) is 0 Å². The lowest BCUT2D eigenvalue weighted by molar-refractivity contribution is 0.0692. The van der Waals surface area contributed by atoms with Crippen molar-refractivity contribution in [2.75, 3.05) is 4.90 Å². The number of nitrogens with zero attached hydrogens (tertiary/aromatic N) is 1. The summed E-state index contributed by atoms with van der Waals surface area (Å²) in [5, 5.41) is 29.1. The number of phenols is 1. The first-order valence-electron chi connectivity index (χ1n) is 9.88. The molecule has 2 rings (SSSR count). The molecular weight excluding hydrogens is 386 g/mol. The van der Waals surface area contributed by atoms with Gasteiger partial charge in [-0.1, -0.05) is 13.8 Å². The number of benzene rings is 2. The highest BCUT2D eigenvalue weighted by molar-refractivity contribution is 6.16. The molecule has 0 fully saturated rings. The van der Waals surface area contributed by atoms with Crippen LogP contribution in [0.5, 0.6) is 5.75 Å². The SMILES string of the molecule is CCC(C)N(c1ccc(C(=O)c2ccc(C(=O)O)cc2C(=O)O)c(O)c1)C(C)CC. The van der Waals surface area contributed by atoms with Crippen LogP contribution in [-0.2, 0) is 0 Å². The van der Waals surface area contributed by atoms with Gasteiger partial charge in [0.05, 0.1) is 16.7 Å². The fourth-order valence-corrected chi connectivity index (χ4v) is 3.41. The maximum absolute atomic E-state index is 13.0. The minimum atomic E-state index is -1.42. The van der Waals surface area contributed by atoms with Crippen LogP contribution < -0.4 is 4.90 Å². The highest BCUT2D eigenvalue weighted by Crippen LogP contribution is 2.31. The van der Waals surface area contributed by atoms with Gasteiger partial charge in [-0.25, -0.2) is 9.59 Å². The van der Waals surface area contributed by atoms with Gasteiger partial charge in [-0.05, 0) is 57.0 Å². The third-order valence-electron chi connectivity index (χ3n) is 5.40. The summed E-state index contributed by atoms with van der Waals surface area (Å²) < 4.78 is 0. The average Bonchev–Trinajstić information content (AvgIpc) is 2.72. The van der Waals surface area contributed by atoms with Crippen molar-refractivity contribution in [1.82, 2.24) is 0 Å². The summed E-state index contributed by atoms with van der Waals surface area (Å²) in [4.78, 5) is 37.8. The number of carboxylic acid groups (broad SMARTS) is 2. The van der Waals surface area contributed by atoms with Crippen molar-refractivity contribution in [3.8, 4) is 5.75 Å². The molecule has 0 bridgehead atoms. The van der Waals surface area contributed by atoms with Gasteiger partial charge in [0.2, 0.25) is 0 Å². The summed E-state index contributed by atoms with van der Waals surface area (Å²) in [5.74, 6) is -3.66. The van der Waals surface area contributed by atoms with E-state index in [0.29, 0.717) is 0 Å². The number of ketones is 1. The Morgan fingerprint density at radius 2 is 1.40 bits per heavy atom. The number of phenolic OH excluding ortho intramolecular Hbond substituents is 1. The van der Waals surface area contributed by atoms with Gasteiger partial charge < -0.3 is 20.2 Å². The lowest BCUT2D eigenvalue weighted by Gasteiger charge is -2.36. The van der Waals surface area contributed by atoms with Gasteiger partial charge in [-0.2, -0.15) is 0 Å². The van der Waals surface area contributed by atoms with Crippen LogP contribution in [0.15, 0.2) is 36.4 Å². The first-order valence-corrected chi connectivity index (χ1v) is 9.88. The van der Waals surface area contributed by atoms with E-state index in [1.165, 1.54) is 18.2 Å². The molecule has 7 nitrogen and oxygen atoms in total. The van der Waals surface area contributed by atoms with E-state index in [9.17, 15) is 24.6 Å². The Bertz CT molecular complexity index is 958. The van der Waals surface area contributed by atoms with E-state index in [4.69, 9.17) is 5.11 Å². The second-order valence-electron chi connectivity index (χ2n) is 7.32. The maximum atomic E-state index is 13.0. The molecule has 2 aromatic carbocycles. The summed E-state index contributed by atoms with van der Waals surface area (Å²) in [6.45, 7) is 8.33. The Kier molecular flexibility index (Phi) is 7.21. The van der Waals surface area contributed by atoms with Crippen molar-refractivity contribution in [2.45, 2.75) is 52.6 Å². The molecule has 7 heteroatoms. The monoisotopic (exact) mass is 413 g/mol. The maximum Gasteiger partial charge on any atom is 0.336 e. The number of carbonyl (C=O) groups is 3. The number of aromatic carboxylic acids is 2. The zero-order valence-electron chi connectivity index (χ0n) is 17.5. The molecule has 0 aliphatic rings. The Hall–Kier alpha value is -3.35. The molecule has 0 radical (unpaired) electrons. The topological polar surface area (TPSA) is 115 Å². The van der Waals surface area contributed by atoms with Crippen molar-refractivity contribution in [2.24, 2.45) is 0 Å². The molecule has 0 saturated heterocycles.